The normalized spacial score (nSPS) is 12.9. The molecule has 0 radical (unpaired) electrons. The highest BCUT2D eigenvalue weighted by molar-refractivity contribution is 5.25. The Labute approximate surface area is 102 Å². The maximum Gasteiger partial charge on any atom is 0.0954 e. The Morgan fingerprint density at radius 2 is 2.35 bits per heavy atom. The molecule has 2 aromatic heterocycles. The third-order valence-corrected chi connectivity index (χ3v) is 2.81. The van der Waals surface area contributed by atoms with Crippen molar-refractivity contribution in [1.82, 2.24) is 15.1 Å². The topological polar surface area (TPSA) is 43.0 Å². The van der Waals surface area contributed by atoms with Gasteiger partial charge in [-0.2, -0.15) is 5.10 Å². The summed E-state index contributed by atoms with van der Waals surface area (Å²) in [5.74, 6) is 0. The van der Waals surface area contributed by atoms with Gasteiger partial charge in [-0.3, -0.25) is 4.68 Å². The molecule has 2 rings (SSSR count). The summed E-state index contributed by atoms with van der Waals surface area (Å²) in [5.41, 5.74) is 3.34. The molecule has 4 heteroatoms. The van der Waals surface area contributed by atoms with Crippen molar-refractivity contribution in [3.63, 3.8) is 0 Å². The minimum atomic E-state index is 0.153. The van der Waals surface area contributed by atoms with Gasteiger partial charge < -0.3 is 9.73 Å². The molecule has 0 bridgehead atoms. The smallest absolute Gasteiger partial charge is 0.0954 e. The molecule has 0 saturated carbocycles. The van der Waals surface area contributed by atoms with Gasteiger partial charge in [-0.25, -0.2) is 0 Å². The number of aromatic nitrogens is 2. The molecular weight excluding hydrogens is 214 g/mol. The summed E-state index contributed by atoms with van der Waals surface area (Å²) in [6.45, 7) is 5.14. The van der Waals surface area contributed by atoms with Gasteiger partial charge in [-0.1, -0.05) is 6.92 Å². The van der Waals surface area contributed by atoms with Crippen LogP contribution in [0.4, 0.5) is 0 Å². The van der Waals surface area contributed by atoms with Crippen LogP contribution in [-0.2, 0) is 7.05 Å². The van der Waals surface area contributed by atoms with E-state index in [-0.39, 0.29) is 6.04 Å². The second kappa shape index (κ2) is 5.19. The van der Waals surface area contributed by atoms with Crippen LogP contribution in [0.5, 0.6) is 0 Å². The van der Waals surface area contributed by atoms with Crippen LogP contribution < -0.4 is 5.32 Å². The molecular formula is C13H19N3O. The van der Waals surface area contributed by atoms with E-state index in [9.17, 15) is 0 Å². The maximum atomic E-state index is 5.17. The summed E-state index contributed by atoms with van der Waals surface area (Å²) in [5, 5.41) is 7.92. The molecule has 92 valence electrons. The predicted octanol–water partition coefficient (Wildman–Crippen LogP) is 2.41. The number of furan rings is 1. The third-order valence-electron chi connectivity index (χ3n) is 2.81. The molecule has 0 aliphatic rings. The fraction of sp³-hybridized carbons (Fsp3) is 0.462. The highest BCUT2D eigenvalue weighted by Gasteiger charge is 2.18. The van der Waals surface area contributed by atoms with Crippen LogP contribution in [-0.4, -0.2) is 16.3 Å². The monoisotopic (exact) mass is 233 g/mol. The molecule has 1 atom stereocenters. The van der Waals surface area contributed by atoms with Crippen molar-refractivity contribution < 1.29 is 4.42 Å². The summed E-state index contributed by atoms with van der Waals surface area (Å²) in [4.78, 5) is 0. The van der Waals surface area contributed by atoms with E-state index < -0.39 is 0 Å². The zero-order valence-corrected chi connectivity index (χ0v) is 10.6. The van der Waals surface area contributed by atoms with Crippen molar-refractivity contribution in [3.05, 3.63) is 41.6 Å². The van der Waals surface area contributed by atoms with Crippen LogP contribution in [0.25, 0.3) is 0 Å². The molecule has 0 amide bonds. The quantitative estimate of drug-likeness (QED) is 0.862. The van der Waals surface area contributed by atoms with Crippen molar-refractivity contribution in [2.75, 3.05) is 6.54 Å². The number of hydrogen-bond donors (Lipinski definition) is 1. The van der Waals surface area contributed by atoms with Crippen molar-refractivity contribution in [1.29, 1.82) is 0 Å². The lowest BCUT2D eigenvalue weighted by Crippen LogP contribution is -2.24. The lowest BCUT2D eigenvalue weighted by molar-refractivity contribution is 0.531. The van der Waals surface area contributed by atoms with Gasteiger partial charge in [-0.15, -0.1) is 0 Å². The van der Waals surface area contributed by atoms with Crippen LogP contribution in [0.15, 0.2) is 29.1 Å². The molecule has 0 saturated heterocycles. The van der Waals surface area contributed by atoms with Crippen molar-refractivity contribution in [3.8, 4) is 0 Å². The van der Waals surface area contributed by atoms with Crippen LogP contribution in [0.2, 0.25) is 0 Å². The number of nitrogens with one attached hydrogen (secondary N) is 1. The fourth-order valence-electron chi connectivity index (χ4n) is 2.02. The Hall–Kier alpha value is -1.55. The largest absolute Gasteiger partial charge is 0.472 e. The Morgan fingerprint density at radius 3 is 2.88 bits per heavy atom. The average molecular weight is 233 g/mol. The summed E-state index contributed by atoms with van der Waals surface area (Å²) >= 11 is 0. The molecule has 0 spiro atoms. The van der Waals surface area contributed by atoms with Gasteiger partial charge in [0.2, 0.25) is 0 Å². The Balaban J connectivity index is 2.30. The molecule has 0 aromatic carbocycles. The first-order chi connectivity index (χ1) is 8.22. The second-order valence-electron chi connectivity index (χ2n) is 4.28. The van der Waals surface area contributed by atoms with E-state index in [1.54, 1.807) is 12.5 Å². The van der Waals surface area contributed by atoms with Gasteiger partial charge in [0.15, 0.2) is 0 Å². The number of hydrogen-bond acceptors (Lipinski definition) is 3. The Morgan fingerprint density at radius 1 is 1.53 bits per heavy atom. The molecule has 1 unspecified atom stereocenters. The standard InChI is InChI=1S/C13H19N3O/c1-4-6-14-13(11-5-7-17-9-11)12-8-10(2)15-16(12)3/h5,7-9,13-14H,4,6H2,1-3H3. The molecule has 4 nitrogen and oxygen atoms in total. The van der Waals surface area contributed by atoms with E-state index in [2.05, 4.69) is 23.4 Å². The number of rotatable bonds is 5. The average Bonchev–Trinajstić information content (AvgIpc) is 2.90. The van der Waals surface area contributed by atoms with Gasteiger partial charge in [-0.05, 0) is 32.0 Å². The first-order valence-corrected chi connectivity index (χ1v) is 5.98. The second-order valence-corrected chi connectivity index (χ2v) is 4.28. The zero-order valence-electron chi connectivity index (χ0n) is 10.6. The maximum absolute atomic E-state index is 5.17. The van der Waals surface area contributed by atoms with E-state index >= 15 is 0 Å². The third kappa shape index (κ3) is 2.58. The van der Waals surface area contributed by atoms with Crippen LogP contribution in [0.3, 0.4) is 0 Å². The van der Waals surface area contributed by atoms with Crippen molar-refractivity contribution in [2.45, 2.75) is 26.3 Å². The molecule has 0 aliphatic carbocycles. The SMILES string of the molecule is CCCNC(c1ccoc1)c1cc(C)nn1C. The minimum Gasteiger partial charge on any atom is -0.472 e. The van der Waals surface area contributed by atoms with Crippen LogP contribution in [0.1, 0.15) is 36.3 Å². The van der Waals surface area contributed by atoms with Crippen LogP contribution in [0, 0.1) is 6.92 Å². The lowest BCUT2D eigenvalue weighted by Gasteiger charge is -2.17. The van der Waals surface area contributed by atoms with Gasteiger partial charge in [0.1, 0.15) is 0 Å². The van der Waals surface area contributed by atoms with Crippen LogP contribution >= 0.6 is 0 Å². The van der Waals surface area contributed by atoms with E-state index in [0.717, 1.165) is 29.9 Å². The molecule has 0 aliphatic heterocycles. The first-order valence-electron chi connectivity index (χ1n) is 5.98. The van der Waals surface area contributed by atoms with E-state index in [1.165, 1.54) is 0 Å². The summed E-state index contributed by atoms with van der Waals surface area (Å²) in [7, 11) is 1.98. The molecule has 1 N–H and O–H groups in total. The summed E-state index contributed by atoms with van der Waals surface area (Å²) < 4.78 is 7.10. The lowest BCUT2D eigenvalue weighted by atomic mass is 10.1. The molecule has 0 fully saturated rings. The summed E-state index contributed by atoms with van der Waals surface area (Å²) in [6.07, 6.45) is 4.60. The fourth-order valence-corrected chi connectivity index (χ4v) is 2.02. The predicted molar refractivity (Wildman–Crippen MR) is 66.8 cm³/mol. The zero-order chi connectivity index (χ0) is 12.3. The molecule has 2 aromatic rings. The van der Waals surface area contributed by atoms with E-state index in [0.29, 0.717) is 0 Å². The van der Waals surface area contributed by atoms with Gasteiger partial charge in [0.05, 0.1) is 30.0 Å². The molecule has 17 heavy (non-hydrogen) atoms. The van der Waals surface area contributed by atoms with Gasteiger partial charge in [0, 0.05) is 12.6 Å². The first kappa shape index (κ1) is 11.9. The van der Waals surface area contributed by atoms with Crippen molar-refractivity contribution >= 4 is 0 Å². The Kier molecular flexibility index (Phi) is 3.64. The minimum absolute atomic E-state index is 0.153. The molecule has 2 heterocycles. The number of nitrogens with zero attached hydrogens (tertiary/aromatic N) is 2. The van der Waals surface area contributed by atoms with Gasteiger partial charge >= 0.3 is 0 Å². The van der Waals surface area contributed by atoms with Gasteiger partial charge in [0.25, 0.3) is 0 Å². The van der Waals surface area contributed by atoms with E-state index in [1.807, 2.05) is 24.7 Å². The summed E-state index contributed by atoms with van der Waals surface area (Å²) in [6, 6.07) is 4.26. The highest BCUT2D eigenvalue weighted by Crippen LogP contribution is 2.22. The highest BCUT2D eigenvalue weighted by atomic mass is 16.3. The van der Waals surface area contributed by atoms with Crippen molar-refractivity contribution in [2.24, 2.45) is 7.05 Å². The van der Waals surface area contributed by atoms with E-state index in [4.69, 9.17) is 4.42 Å². The number of aryl methyl sites for hydroxylation is 2. The Bertz CT molecular complexity index is 459.